The molecule has 0 bridgehead atoms. The van der Waals surface area contributed by atoms with Gasteiger partial charge in [0.25, 0.3) is 5.69 Å². The van der Waals surface area contributed by atoms with Crippen LogP contribution in [-0.2, 0) is 6.54 Å². The Balaban J connectivity index is 2.04. The summed E-state index contributed by atoms with van der Waals surface area (Å²) in [6, 6.07) is 5.70. The summed E-state index contributed by atoms with van der Waals surface area (Å²) in [5.74, 6) is 1.42. The summed E-state index contributed by atoms with van der Waals surface area (Å²) < 4.78 is 0.589. The van der Waals surface area contributed by atoms with E-state index in [0.29, 0.717) is 23.0 Å². The topological polar surface area (TPSA) is 55.2 Å². The number of nitro groups is 1. The number of hydrogen-bond acceptors (Lipinski definition) is 3. The van der Waals surface area contributed by atoms with Crippen molar-refractivity contribution in [1.29, 1.82) is 0 Å². The Morgan fingerprint density at radius 2 is 2.16 bits per heavy atom. The van der Waals surface area contributed by atoms with Gasteiger partial charge in [0.15, 0.2) is 0 Å². The highest BCUT2D eigenvalue weighted by molar-refractivity contribution is 9.10. The molecule has 3 unspecified atom stereocenters. The maximum Gasteiger partial charge on any atom is 0.283 e. The smallest absolute Gasteiger partial charge is 0.283 e. The number of benzene rings is 1. The van der Waals surface area contributed by atoms with E-state index in [1.54, 1.807) is 6.07 Å². The van der Waals surface area contributed by atoms with Crippen molar-refractivity contribution in [2.75, 3.05) is 0 Å². The van der Waals surface area contributed by atoms with Crippen LogP contribution in [0.1, 0.15) is 32.3 Å². The third kappa shape index (κ3) is 3.15. The Morgan fingerprint density at radius 1 is 1.42 bits per heavy atom. The Labute approximate surface area is 121 Å². The van der Waals surface area contributed by atoms with Gasteiger partial charge < -0.3 is 5.32 Å². The molecule has 1 N–H and O–H groups in total. The van der Waals surface area contributed by atoms with E-state index in [0.717, 1.165) is 11.5 Å². The van der Waals surface area contributed by atoms with Gasteiger partial charge in [-0.15, -0.1) is 0 Å². The standard InChI is InChI=1S/C14H19BrN2O2/c1-9-6-7-12(10(9)2)16-8-11-4-3-5-13(14(11)15)17(18)19/h3-5,9-10,12,16H,6-8H2,1-2H3. The summed E-state index contributed by atoms with van der Waals surface area (Å²) in [7, 11) is 0. The first-order valence-electron chi connectivity index (χ1n) is 6.66. The van der Waals surface area contributed by atoms with Crippen molar-refractivity contribution >= 4 is 21.6 Å². The van der Waals surface area contributed by atoms with E-state index in [1.165, 1.54) is 18.9 Å². The van der Waals surface area contributed by atoms with Gasteiger partial charge in [-0.05, 0) is 46.2 Å². The molecule has 5 heteroatoms. The first kappa shape index (κ1) is 14.5. The fourth-order valence-electron chi connectivity index (χ4n) is 2.74. The maximum atomic E-state index is 10.9. The fourth-order valence-corrected chi connectivity index (χ4v) is 3.29. The minimum absolute atomic E-state index is 0.132. The lowest BCUT2D eigenvalue weighted by atomic mass is 9.97. The molecule has 0 aliphatic heterocycles. The van der Waals surface area contributed by atoms with Crippen LogP contribution in [0.3, 0.4) is 0 Å². The molecular formula is C14H19BrN2O2. The van der Waals surface area contributed by atoms with E-state index in [2.05, 4.69) is 35.1 Å². The lowest BCUT2D eigenvalue weighted by Crippen LogP contribution is -2.32. The third-order valence-corrected chi connectivity index (χ3v) is 5.19. The molecule has 0 aromatic heterocycles. The second-order valence-corrected chi connectivity index (χ2v) is 6.20. The van der Waals surface area contributed by atoms with Crippen LogP contribution in [0, 0.1) is 22.0 Å². The molecule has 1 aliphatic rings. The van der Waals surface area contributed by atoms with Crippen molar-refractivity contribution in [3.63, 3.8) is 0 Å². The Kier molecular flexibility index (Phi) is 4.58. The fraction of sp³-hybridized carbons (Fsp3) is 0.571. The monoisotopic (exact) mass is 326 g/mol. The predicted octanol–water partition coefficient (Wildman–Crippen LogP) is 3.88. The van der Waals surface area contributed by atoms with E-state index in [9.17, 15) is 10.1 Å². The van der Waals surface area contributed by atoms with Crippen molar-refractivity contribution in [3.8, 4) is 0 Å². The molecule has 1 aromatic carbocycles. The molecule has 0 heterocycles. The van der Waals surface area contributed by atoms with Crippen LogP contribution < -0.4 is 5.32 Å². The number of halogens is 1. The van der Waals surface area contributed by atoms with Crippen molar-refractivity contribution in [1.82, 2.24) is 5.32 Å². The molecule has 104 valence electrons. The summed E-state index contributed by atoms with van der Waals surface area (Å²) in [5, 5.41) is 14.4. The van der Waals surface area contributed by atoms with Crippen LogP contribution in [0.25, 0.3) is 0 Å². The van der Waals surface area contributed by atoms with E-state index in [4.69, 9.17) is 0 Å². The molecule has 1 fully saturated rings. The number of nitrogens with zero attached hydrogens (tertiary/aromatic N) is 1. The van der Waals surface area contributed by atoms with Crippen molar-refractivity contribution in [2.45, 2.75) is 39.3 Å². The number of rotatable bonds is 4. The zero-order valence-electron chi connectivity index (χ0n) is 11.2. The van der Waals surface area contributed by atoms with Gasteiger partial charge in [-0.3, -0.25) is 10.1 Å². The first-order chi connectivity index (χ1) is 9.00. The summed E-state index contributed by atoms with van der Waals surface area (Å²) in [5.41, 5.74) is 1.08. The Bertz CT molecular complexity index is 479. The number of hydrogen-bond donors (Lipinski definition) is 1. The molecule has 0 amide bonds. The van der Waals surface area contributed by atoms with Gasteiger partial charge in [-0.2, -0.15) is 0 Å². The lowest BCUT2D eigenvalue weighted by molar-refractivity contribution is -0.385. The van der Waals surface area contributed by atoms with E-state index >= 15 is 0 Å². The van der Waals surface area contributed by atoms with E-state index in [-0.39, 0.29) is 10.6 Å². The lowest BCUT2D eigenvalue weighted by Gasteiger charge is -2.20. The molecule has 2 rings (SSSR count). The van der Waals surface area contributed by atoms with Gasteiger partial charge in [0.1, 0.15) is 0 Å². The molecule has 4 nitrogen and oxygen atoms in total. The van der Waals surface area contributed by atoms with Crippen LogP contribution in [-0.4, -0.2) is 11.0 Å². The molecule has 0 spiro atoms. The van der Waals surface area contributed by atoms with Gasteiger partial charge in [0.05, 0.1) is 9.40 Å². The van der Waals surface area contributed by atoms with Crippen LogP contribution >= 0.6 is 15.9 Å². The van der Waals surface area contributed by atoms with Crippen molar-refractivity contribution in [2.24, 2.45) is 11.8 Å². The van der Waals surface area contributed by atoms with E-state index in [1.807, 2.05) is 6.07 Å². The zero-order chi connectivity index (χ0) is 14.0. The Morgan fingerprint density at radius 3 is 2.74 bits per heavy atom. The van der Waals surface area contributed by atoms with Crippen LogP contribution in [0.2, 0.25) is 0 Å². The molecule has 0 radical (unpaired) electrons. The average molecular weight is 327 g/mol. The summed E-state index contributed by atoms with van der Waals surface area (Å²) in [6.07, 6.45) is 2.45. The second-order valence-electron chi connectivity index (χ2n) is 5.41. The molecular weight excluding hydrogens is 308 g/mol. The molecule has 1 aromatic rings. The Hall–Kier alpha value is -0.940. The average Bonchev–Trinajstić information content (AvgIpc) is 2.68. The second kappa shape index (κ2) is 6.01. The highest BCUT2D eigenvalue weighted by Gasteiger charge is 2.29. The summed E-state index contributed by atoms with van der Waals surface area (Å²) in [6.45, 7) is 5.23. The normalized spacial score (nSPS) is 26.6. The van der Waals surface area contributed by atoms with E-state index < -0.39 is 0 Å². The van der Waals surface area contributed by atoms with Crippen LogP contribution in [0.5, 0.6) is 0 Å². The highest BCUT2D eigenvalue weighted by atomic mass is 79.9. The predicted molar refractivity (Wildman–Crippen MR) is 79.0 cm³/mol. The molecule has 1 saturated carbocycles. The number of nitrogens with one attached hydrogen (secondary N) is 1. The van der Waals surface area contributed by atoms with Crippen LogP contribution in [0.4, 0.5) is 5.69 Å². The molecule has 0 saturated heterocycles. The molecule has 1 aliphatic carbocycles. The SMILES string of the molecule is CC1CCC(NCc2cccc([N+](=O)[O-])c2Br)C1C. The van der Waals surface area contributed by atoms with Gasteiger partial charge in [-0.25, -0.2) is 0 Å². The number of nitro benzene ring substituents is 1. The van der Waals surface area contributed by atoms with Gasteiger partial charge >= 0.3 is 0 Å². The van der Waals surface area contributed by atoms with Gasteiger partial charge in [0, 0.05) is 18.7 Å². The third-order valence-electron chi connectivity index (χ3n) is 4.27. The van der Waals surface area contributed by atoms with Gasteiger partial charge in [-0.1, -0.05) is 26.0 Å². The molecule has 3 atom stereocenters. The summed E-state index contributed by atoms with van der Waals surface area (Å²) >= 11 is 3.34. The van der Waals surface area contributed by atoms with Gasteiger partial charge in [0.2, 0.25) is 0 Å². The van der Waals surface area contributed by atoms with Crippen molar-refractivity contribution in [3.05, 3.63) is 38.3 Å². The first-order valence-corrected chi connectivity index (χ1v) is 7.45. The largest absolute Gasteiger partial charge is 0.310 e. The minimum atomic E-state index is -0.353. The molecule has 19 heavy (non-hydrogen) atoms. The highest BCUT2D eigenvalue weighted by Crippen LogP contribution is 2.32. The summed E-state index contributed by atoms with van der Waals surface area (Å²) in [4.78, 5) is 10.5. The zero-order valence-corrected chi connectivity index (χ0v) is 12.8. The minimum Gasteiger partial charge on any atom is -0.310 e. The van der Waals surface area contributed by atoms with Crippen LogP contribution in [0.15, 0.2) is 22.7 Å². The quantitative estimate of drug-likeness (QED) is 0.674. The van der Waals surface area contributed by atoms with Crippen molar-refractivity contribution < 1.29 is 4.92 Å². The maximum absolute atomic E-state index is 10.9.